The molecule has 6 atom stereocenters. The molecular weight excluding hydrogens is 813 g/mol. The van der Waals surface area contributed by atoms with Crippen molar-refractivity contribution in [3.05, 3.63) is 106 Å². The number of ether oxygens (including phenoxy) is 6. The number of nitrogens with zero attached hydrogens (tertiary/aromatic N) is 4. The van der Waals surface area contributed by atoms with E-state index in [1.807, 2.05) is 24.3 Å². The van der Waals surface area contributed by atoms with E-state index in [1.165, 1.54) is 31.4 Å². The highest BCUT2D eigenvalue weighted by atomic mass is 16.7. The van der Waals surface area contributed by atoms with Gasteiger partial charge in [0.15, 0.2) is 11.5 Å². The highest BCUT2D eigenvalue weighted by Gasteiger charge is 2.65. The van der Waals surface area contributed by atoms with Gasteiger partial charge in [-0.3, -0.25) is 19.9 Å². The second-order valence-corrected chi connectivity index (χ2v) is 16.6. The molecule has 0 radical (unpaired) electrons. The molecule has 3 aliphatic heterocycles. The summed E-state index contributed by atoms with van der Waals surface area (Å²) in [5.74, 6) is 0.237. The summed E-state index contributed by atoms with van der Waals surface area (Å²) in [4.78, 5) is 35.4. The van der Waals surface area contributed by atoms with Gasteiger partial charge in [0.1, 0.15) is 37.0 Å². The molecule has 1 amide bonds. The first-order valence-electron chi connectivity index (χ1n) is 21.8. The van der Waals surface area contributed by atoms with Crippen molar-refractivity contribution in [2.24, 2.45) is 22.9 Å². The number of carbonyl (C=O) groups is 1. The number of unbranched alkanes of at least 4 members (excludes halogenated alkanes) is 2. The fourth-order valence-electron chi connectivity index (χ4n) is 9.77. The number of nitro benzene ring substituents is 1. The molecular formula is C47H56N4O12. The van der Waals surface area contributed by atoms with Gasteiger partial charge >= 0.3 is 6.09 Å². The number of aliphatic hydroxyl groups is 2. The van der Waals surface area contributed by atoms with Crippen LogP contribution in [0.1, 0.15) is 62.0 Å². The lowest BCUT2D eigenvalue weighted by atomic mass is 9.55. The van der Waals surface area contributed by atoms with Gasteiger partial charge in [-0.15, -0.1) is 6.58 Å². The first-order valence-corrected chi connectivity index (χ1v) is 21.8. The molecule has 0 bridgehead atoms. The van der Waals surface area contributed by atoms with E-state index in [4.69, 9.17) is 33.3 Å². The number of non-ortho nitro benzene ring substituents is 1. The molecule has 1 saturated carbocycles. The van der Waals surface area contributed by atoms with E-state index in [-0.39, 0.29) is 68.8 Å². The smallest absolute Gasteiger partial charge is 0.416 e. The molecule has 336 valence electrons. The minimum Gasteiger partial charge on any atom is -0.492 e. The predicted molar refractivity (Wildman–Crippen MR) is 231 cm³/mol. The van der Waals surface area contributed by atoms with Gasteiger partial charge in [0.05, 0.1) is 23.2 Å². The molecule has 0 aromatic heterocycles. The Hall–Kier alpha value is -5.68. The zero-order valence-corrected chi connectivity index (χ0v) is 35.6. The number of oxime groups is 1. The minimum absolute atomic E-state index is 0.00669. The van der Waals surface area contributed by atoms with Gasteiger partial charge in [-0.1, -0.05) is 36.2 Å². The summed E-state index contributed by atoms with van der Waals surface area (Å²) < 4.78 is 38.2. The lowest BCUT2D eigenvalue weighted by Gasteiger charge is -2.59. The van der Waals surface area contributed by atoms with E-state index in [0.29, 0.717) is 48.0 Å². The van der Waals surface area contributed by atoms with Crippen molar-refractivity contribution in [1.82, 2.24) is 9.80 Å². The molecule has 8 rings (SSSR count). The maximum Gasteiger partial charge on any atom is 0.416 e. The molecule has 6 unspecified atom stereocenters. The highest BCUT2D eigenvalue weighted by molar-refractivity contribution is 6.03. The Balaban J connectivity index is 1.29. The Labute approximate surface area is 366 Å². The molecule has 2 fully saturated rings. The summed E-state index contributed by atoms with van der Waals surface area (Å²) in [6, 6.07) is 15.8. The van der Waals surface area contributed by atoms with Crippen LogP contribution in [0.3, 0.4) is 0 Å². The molecule has 3 aromatic carbocycles. The van der Waals surface area contributed by atoms with Gasteiger partial charge in [-0.05, 0) is 91.1 Å². The second-order valence-electron chi connectivity index (χ2n) is 16.6. The molecule has 16 heteroatoms. The zero-order chi connectivity index (χ0) is 43.9. The Morgan fingerprint density at radius 2 is 1.75 bits per heavy atom. The van der Waals surface area contributed by atoms with E-state index in [2.05, 4.69) is 28.8 Å². The number of nitro groups is 1. The second kappa shape index (κ2) is 19.8. The number of hydrogen-bond acceptors (Lipinski definition) is 14. The number of carbonyl (C=O) groups excluding carboxylic acids is 1. The number of rotatable bonds is 21. The number of hydrogen-bond donors (Lipinski definition) is 2. The van der Waals surface area contributed by atoms with Crippen molar-refractivity contribution < 1.29 is 53.2 Å². The quantitative estimate of drug-likeness (QED) is 0.0368. The van der Waals surface area contributed by atoms with Crippen LogP contribution < -0.4 is 23.7 Å². The van der Waals surface area contributed by atoms with Gasteiger partial charge in [-0.25, -0.2) is 4.79 Å². The van der Waals surface area contributed by atoms with E-state index < -0.39 is 28.8 Å². The van der Waals surface area contributed by atoms with Crippen molar-refractivity contribution in [2.45, 2.75) is 69.2 Å². The lowest BCUT2D eigenvalue weighted by molar-refractivity contribution is -0.384. The Morgan fingerprint density at radius 3 is 2.48 bits per heavy atom. The van der Waals surface area contributed by atoms with Crippen LogP contribution in [0.25, 0.3) is 0 Å². The Bertz CT molecular complexity index is 2180. The van der Waals surface area contributed by atoms with Gasteiger partial charge in [0.25, 0.3) is 5.69 Å². The van der Waals surface area contributed by atoms with Gasteiger partial charge in [0.2, 0.25) is 12.6 Å². The third-order valence-corrected chi connectivity index (χ3v) is 12.7. The third-order valence-electron chi connectivity index (χ3n) is 12.7. The molecule has 3 heterocycles. The maximum atomic E-state index is 15.0. The fourth-order valence-corrected chi connectivity index (χ4v) is 9.77. The molecule has 5 aliphatic rings. The minimum atomic E-state index is -1.55. The maximum absolute atomic E-state index is 15.0. The lowest BCUT2D eigenvalue weighted by Crippen LogP contribution is -2.70. The van der Waals surface area contributed by atoms with Crippen LogP contribution in [0.2, 0.25) is 0 Å². The summed E-state index contributed by atoms with van der Waals surface area (Å²) in [5, 5.41) is 36.0. The number of benzene rings is 3. The molecule has 0 spiro atoms. The largest absolute Gasteiger partial charge is 0.492 e. The Morgan fingerprint density at radius 1 is 1.00 bits per heavy atom. The summed E-state index contributed by atoms with van der Waals surface area (Å²) in [5.41, 5.74) is 3.01. The van der Waals surface area contributed by atoms with E-state index >= 15 is 0 Å². The predicted octanol–water partition coefficient (Wildman–Crippen LogP) is 6.98. The van der Waals surface area contributed by atoms with Crippen molar-refractivity contribution >= 4 is 17.5 Å². The standard InChI is InChI=1S/C47H56N4O12/c1-3-23-61-47-43(50(29-31-10-16-41-42(25-31)60-30-59-41)46(54)62-34-13-11-33(12-14-34)51(55)56)28-39(48-57-2)37-26-32(8-4-6-21-52)36(9-5-7-22-53)44(45(37)47)38-27-35(15-17-40(38)63-47)58-24-20-49-18-19-49/h3,10-17,25-27,32,36,43-45,52-53H,1,4-9,18-24,28-30H2,2H3. The van der Waals surface area contributed by atoms with Gasteiger partial charge in [-0.2, -0.15) is 0 Å². The van der Waals surface area contributed by atoms with Crippen molar-refractivity contribution in [2.75, 3.05) is 60.0 Å². The van der Waals surface area contributed by atoms with E-state index in [1.54, 1.807) is 17.0 Å². The number of fused-ring (bicyclic) bond motifs is 3. The number of amides is 1. The first kappa shape index (κ1) is 43.9. The van der Waals surface area contributed by atoms with Crippen LogP contribution in [0.5, 0.6) is 28.7 Å². The van der Waals surface area contributed by atoms with Crippen LogP contribution >= 0.6 is 0 Å². The van der Waals surface area contributed by atoms with Crippen molar-refractivity contribution in [1.29, 1.82) is 0 Å². The average Bonchev–Trinajstić information content (AvgIpc) is 4.00. The summed E-state index contributed by atoms with van der Waals surface area (Å²) in [6.07, 6.45) is 7.75. The van der Waals surface area contributed by atoms with Crippen LogP contribution in [0.4, 0.5) is 10.5 Å². The van der Waals surface area contributed by atoms with Crippen LogP contribution in [0.15, 0.2) is 90.1 Å². The van der Waals surface area contributed by atoms with E-state index in [9.17, 15) is 25.1 Å². The topological polar surface area (TPSA) is 184 Å². The van der Waals surface area contributed by atoms with Gasteiger partial charge < -0.3 is 43.5 Å². The van der Waals surface area contributed by atoms with Crippen LogP contribution in [-0.2, 0) is 16.1 Å². The molecule has 1 saturated heterocycles. The molecule has 2 aliphatic carbocycles. The molecule has 2 N–H and O–H groups in total. The van der Waals surface area contributed by atoms with Gasteiger partial charge in [0, 0.05) is 69.4 Å². The first-order chi connectivity index (χ1) is 30.8. The molecule has 63 heavy (non-hydrogen) atoms. The number of aliphatic hydroxyl groups excluding tert-OH is 2. The third kappa shape index (κ3) is 9.49. The van der Waals surface area contributed by atoms with Crippen molar-refractivity contribution in [3.8, 4) is 28.7 Å². The van der Waals surface area contributed by atoms with Crippen LogP contribution in [-0.4, -0.2) is 109 Å². The normalized spacial score (nSPS) is 24.7. The molecule has 16 nitrogen and oxygen atoms in total. The summed E-state index contributed by atoms with van der Waals surface area (Å²) in [7, 11) is 1.50. The monoisotopic (exact) mass is 868 g/mol. The van der Waals surface area contributed by atoms with Crippen molar-refractivity contribution in [3.63, 3.8) is 0 Å². The molecule has 3 aromatic rings. The zero-order valence-electron chi connectivity index (χ0n) is 35.6. The number of allylic oxidation sites excluding steroid dienone is 1. The highest BCUT2D eigenvalue weighted by Crippen LogP contribution is 2.62. The Kier molecular flexibility index (Phi) is 13.8. The van der Waals surface area contributed by atoms with E-state index in [0.717, 1.165) is 62.2 Å². The fraction of sp³-hybridized carbons (Fsp3) is 0.489. The SMILES string of the molecule is C=CCOC12Oc3ccc(OCCN4CC4)cc3C3C(CCCCO)C(CCCCO)C=C(C(=NOC)CC1N(Cc1ccc4c(c1)OCO4)C(=O)Oc1ccc([N+](=O)[O-])cc1)C32. The summed E-state index contributed by atoms with van der Waals surface area (Å²) in [6.45, 7) is 7.82. The van der Waals surface area contributed by atoms with Crippen LogP contribution in [0, 0.1) is 27.9 Å². The average molecular weight is 869 g/mol. The summed E-state index contributed by atoms with van der Waals surface area (Å²) >= 11 is 0.